The molecular formula is C4H9CaNaO4. The van der Waals surface area contributed by atoms with Crippen LogP contribution in [0, 0.1) is 0 Å². The number of carboxylic acid groups (broad SMARTS) is 1. The molecule has 0 aromatic carbocycles. The summed E-state index contributed by atoms with van der Waals surface area (Å²) in [7, 11) is 0. The van der Waals surface area contributed by atoms with E-state index in [-0.39, 0.29) is 73.7 Å². The molecule has 0 aromatic rings. The van der Waals surface area contributed by atoms with Crippen molar-refractivity contribution >= 4 is 79.4 Å². The van der Waals surface area contributed by atoms with Gasteiger partial charge >= 0.3 is 79.4 Å². The van der Waals surface area contributed by atoms with E-state index in [9.17, 15) is 9.59 Å². The molecule has 10 heavy (non-hydrogen) atoms. The molecule has 0 fully saturated rings. The van der Waals surface area contributed by atoms with Gasteiger partial charge in [0.05, 0.1) is 0 Å². The number of hydrogen-bond donors (Lipinski definition) is 1. The molecule has 0 unspecified atom stereocenters. The average molecular weight is 184 g/mol. The van der Waals surface area contributed by atoms with Crippen molar-refractivity contribution < 1.29 is 19.4 Å². The van der Waals surface area contributed by atoms with Gasteiger partial charge in [-0.1, -0.05) is 6.92 Å². The summed E-state index contributed by atoms with van der Waals surface area (Å²) in [5, 5.41) is 7.77. The summed E-state index contributed by atoms with van der Waals surface area (Å²) in [5.74, 6) is -0.725. The Bertz CT molecular complexity index is 116. The number of hydrogen-bond acceptors (Lipinski definition) is 3. The number of carbonyl (C=O) groups excluding carboxylic acids is 1. The molecule has 52 valence electrons. The van der Waals surface area contributed by atoms with Crippen LogP contribution in [0.4, 0.5) is 4.79 Å². The molecule has 0 amide bonds. The molecule has 0 radical (unpaired) electrons. The van der Waals surface area contributed by atoms with Crippen LogP contribution >= 0.6 is 0 Å². The first kappa shape index (κ1) is 17.3. The molecule has 0 aromatic heterocycles. The Morgan fingerprint density at radius 2 is 1.90 bits per heavy atom. The van der Waals surface area contributed by atoms with Crippen molar-refractivity contribution in [1.82, 2.24) is 0 Å². The third-order valence-corrected chi connectivity index (χ3v) is 0.490. The molecule has 0 bridgehead atoms. The van der Waals surface area contributed by atoms with E-state index in [0.29, 0.717) is 0 Å². The van der Waals surface area contributed by atoms with E-state index in [4.69, 9.17) is 5.11 Å². The van der Waals surface area contributed by atoms with E-state index in [0.717, 1.165) is 0 Å². The zero-order valence-electron chi connectivity index (χ0n) is 4.38. The summed E-state index contributed by atoms with van der Waals surface area (Å²) in [5.41, 5.74) is 0. The summed E-state index contributed by atoms with van der Waals surface area (Å²) in [6, 6.07) is 0. The first-order valence-corrected chi connectivity index (χ1v) is 2.10. The topological polar surface area (TPSA) is 63.6 Å². The Balaban J connectivity index is -0.000000245. The SMILES string of the molecule is CCC(=O)OC(=O)O.[CaH2].[NaH]. The van der Waals surface area contributed by atoms with Crippen LogP contribution in [-0.4, -0.2) is 84.5 Å². The molecule has 0 heterocycles. The van der Waals surface area contributed by atoms with Gasteiger partial charge in [0.2, 0.25) is 0 Å². The Kier molecular flexibility index (Phi) is 17.7. The molecule has 0 rings (SSSR count). The Labute approximate surface area is 111 Å². The fourth-order valence-corrected chi connectivity index (χ4v) is 0.170. The summed E-state index contributed by atoms with van der Waals surface area (Å²) >= 11 is 0. The first-order valence-electron chi connectivity index (χ1n) is 2.10. The van der Waals surface area contributed by atoms with Gasteiger partial charge in [0, 0.05) is 6.42 Å². The van der Waals surface area contributed by atoms with E-state index in [1.54, 1.807) is 0 Å². The minimum atomic E-state index is -1.54. The van der Waals surface area contributed by atoms with Crippen molar-refractivity contribution in [2.45, 2.75) is 13.3 Å². The quantitative estimate of drug-likeness (QED) is 0.324. The van der Waals surface area contributed by atoms with Crippen LogP contribution < -0.4 is 0 Å². The standard InChI is InChI=1S/C4H6O4.Ca.Na.3H/c1-2-3(5)8-4(6)7;;;;;/h2H2,1H3,(H,6,7);;;;;. The van der Waals surface area contributed by atoms with Crippen LogP contribution in [0.5, 0.6) is 0 Å². The third kappa shape index (κ3) is 11.9. The zero-order chi connectivity index (χ0) is 6.57. The summed E-state index contributed by atoms with van der Waals surface area (Å²) in [6.45, 7) is 1.52. The van der Waals surface area contributed by atoms with Gasteiger partial charge in [-0.3, -0.25) is 4.79 Å². The summed E-state index contributed by atoms with van der Waals surface area (Å²) < 4.78 is 3.68. The van der Waals surface area contributed by atoms with E-state index in [1.165, 1.54) is 6.92 Å². The molecule has 6 heteroatoms. The molecule has 4 nitrogen and oxygen atoms in total. The monoisotopic (exact) mass is 184 g/mol. The molecule has 0 aliphatic rings. The number of ether oxygens (including phenoxy) is 1. The van der Waals surface area contributed by atoms with Crippen LogP contribution in [0.25, 0.3) is 0 Å². The second kappa shape index (κ2) is 10.2. The molecule has 0 atom stereocenters. The zero-order valence-corrected chi connectivity index (χ0v) is 4.38. The number of esters is 1. The third-order valence-electron chi connectivity index (χ3n) is 0.490. The predicted octanol–water partition coefficient (Wildman–Crippen LogP) is -0.947. The molecule has 0 aliphatic heterocycles. The van der Waals surface area contributed by atoms with Crippen molar-refractivity contribution in [2.75, 3.05) is 0 Å². The molecule has 1 N–H and O–H groups in total. The normalized spacial score (nSPS) is 6.50. The second-order valence-electron chi connectivity index (χ2n) is 1.09. The van der Waals surface area contributed by atoms with Crippen LogP contribution in [0.15, 0.2) is 0 Å². The second-order valence-corrected chi connectivity index (χ2v) is 1.09. The van der Waals surface area contributed by atoms with Gasteiger partial charge in [0.1, 0.15) is 0 Å². The van der Waals surface area contributed by atoms with Crippen LogP contribution in [0.1, 0.15) is 13.3 Å². The molecule has 0 saturated carbocycles. The maximum atomic E-state index is 10.0. The fraction of sp³-hybridized carbons (Fsp3) is 0.500. The van der Waals surface area contributed by atoms with Crippen LogP contribution in [0.3, 0.4) is 0 Å². The predicted molar refractivity (Wildman–Crippen MR) is 40.1 cm³/mol. The van der Waals surface area contributed by atoms with Gasteiger partial charge in [-0.05, 0) is 0 Å². The van der Waals surface area contributed by atoms with Crippen molar-refractivity contribution in [3.05, 3.63) is 0 Å². The Morgan fingerprint density at radius 1 is 1.50 bits per heavy atom. The van der Waals surface area contributed by atoms with E-state index < -0.39 is 12.1 Å². The van der Waals surface area contributed by atoms with Crippen molar-refractivity contribution in [2.24, 2.45) is 0 Å². The molecule has 0 spiro atoms. The van der Waals surface area contributed by atoms with E-state index in [2.05, 4.69) is 4.74 Å². The van der Waals surface area contributed by atoms with Gasteiger partial charge in [0.25, 0.3) is 0 Å². The van der Waals surface area contributed by atoms with Crippen molar-refractivity contribution in [3.63, 3.8) is 0 Å². The van der Waals surface area contributed by atoms with Crippen LogP contribution in [-0.2, 0) is 9.53 Å². The Morgan fingerprint density at radius 3 is 2.00 bits per heavy atom. The van der Waals surface area contributed by atoms with Gasteiger partial charge in [0.15, 0.2) is 0 Å². The van der Waals surface area contributed by atoms with Crippen molar-refractivity contribution in [1.29, 1.82) is 0 Å². The number of carbonyl (C=O) groups is 2. The average Bonchev–Trinajstić information content (AvgIpc) is 1.65. The summed E-state index contributed by atoms with van der Waals surface area (Å²) in [6.07, 6.45) is -1.45. The number of rotatable bonds is 1. The van der Waals surface area contributed by atoms with E-state index in [1.807, 2.05) is 0 Å². The maximum absolute atomic E-state index is 10.0. The van der Waals surface area contributed by atoms with E-state index >= 15 is 0 Å². The van der Waals surface area contributed by atoms with Gasteiger partial charge in [-0.15, -0.1) is 0 Å². The fourth-order valence-electron chi connectivity index (χ4n) is 0.170. The van der Waals surface area contributed by atoms with Crippen LogP contribution in [0.2, 0.25) is 0 Å². The molecular weight excluding hydrogens is 175 g/mol. The minimum absolute atomic E-state index is 0. The van der Waals surface area contributed by atoms with Crippen molar-refractivity contribution in [3.8, 4) is 0 Å². The summed E-state index contributed by atoms with van der Waals surface area (Å²) in [4.78, 5) is 19.5. The molecule has 0 saturated heterocycles. The van der Waals surface area contributed by atoms with Gasteiger partial charge < -0.3 is 9.84 Å². The van der Waals surface area contributed by atoms with Gasteiger partial charge in [-0.25, -0.2) is 4.79 Å². The van der Waals surface area contributed by atoms with Gasteiger partial charge in [-0.2, -0.15) is 0 Å². The first-order chi connectivity index (χ1) is 3.66. The Hall–Kier alpha value is 1.20. The molecule has 0 aliphatic carbocycles.